The summed E-state index contributed by atoms with van der Waals surface area (Å²) in [5.74, 6) is 3.69. The number of benzene rings is 5. The number of nitrogens with zero attached hydrogens (tertiary/aromatic N) is 3. The van der Waals surface area contributed by atoms with E-state index in [0.29, 0.717) is 11.7 Å². The average molecular weight is 541 g/mol. The first-order valence-corrected chi connectivity index (χ1v) is 14.3. The van der Waals surface area contributed by atoms with E-state index in [1.807, 2.05) is 48.7 Å². The van der Waals surface area contributed by atoms with Crippen LogP contribution in [-0.4, -0.2) is 16.7 Å². The highest BCUT2D eigenvalue weighted by atomic mass is 16.5. The molecule has 0 spiro atoms. The van der Waals surface area contributed by atoms with Crippen LogP contribution in [0.25, 0.3) is 11.4 Å². The van der Waals surface area contributed by atoms with Gasteiger partial charge in [-0.15, -0.1) is 0 Å². The molecule has 3 heterocycles. The summed E-state index contributed by atoms with van der Waals surface area (Å²) in [7, 11) is 0. The van der Waals surface area contributed by atoms with Crippen LogP contribution in [0.4, 0.5) is 17.1 Å². The van der Waals surface area contributed by atoms with Crippen molar-refractivity contribution in [3.63, 3.8) is 0 Å². The van der Waals surface area contributed by atoms with E-state index in [2.05, 4.69) is 77.7 Å². The zero-order valence-corrected chi connectivity index (χ0v) is 22.7. The number of para-hydroxylation sites is 2. The van der Waals surface area contributed by atoms with Crippen LogP contribution in [0, 0.1) is 0 Å². The topological polar surface area (TPSA) is 47.5 Å². The smallest absolute Gasteiger partial charge is 0.264 e. The second-order valence-electron chi connectivity index (χ2n) is 11.0. The fourth-order valence-corrected chi connectivity index (χ4v) is 6.41. The van der Waals surface area contributed by atoms with Crippen LogP contribution in [0.5, 0.6) is 23.1 Å². The van der Waals surface area contributed by atoms with E-state index in [-0.39, 0.29) is 6.71 Å². The fourth-order valence-electron chi connectivity index (χ4n) is 6.41. The lowest BCUT2D eigenvalue weighted by Crippen LogP contribution is -2.58. The zero-order chi connectivity index (χ0) is 27.6. The van der Waals surface area contributed by atoms with Crippen LogP contribution in [0.2, 0.25) is 0 Å². The van der Waals surface area contributed by atoms with Crippen LogP contribution >= 0.6 is 0 Å². The summed E-state index contributed by atoms with van der Waals surface area (Å²) < 4.78 is 13.4. The Kier molecular flexibility index (Phi) is 5.05. The standard InChI is InChI=1S/C36H24BN3O2/c1-4-10-23(11-5-1)35-38-22-30-36(39-35)42-33-21-28(40(26-12-6-2-7-13-26)27-14-8-3-9-15-27)20-32-34(33)37(30)29-18-24-16-17-25(24)19-31(29)41-32/h1-15,18-22H,16-17H2. The summed E-state index contributed by atoms with van der Waals surface area (Å²) in [5.41, 5.74) is 9.91. The van der Waals surface area contributed by atoms with E-state index in [9.17, 15) is 0 Å². The van der Waals surface area contributed by atoms with E-state index < -0.39 is 0 Å². The minimum atomic E-state index is -0.0748. The predicted octanol–water partition coefficient (Wildman–Crippen LogP) is 6.44. The molecule has 1 aliphatic carbocycles. The molecule has 0 N–H and O–H groups in total. The number of ether oxygens (including phenoxy) is 2. The molecule has 0 amide bonds. The summed E-state index contributed by atoms with van der Waals surface area (Å²) in [5, 5.41) is 0. The summed E-state index contributed by atoms with van der Waals surface area (Å²) in [6.45, 7) is -0.0748. The quantitative estimate of drug-likeness (QED) is 0.240. The third-order valence-corrected chi connectivity index (χ3v) is 8.52. The van der Waals surface area contributed by atoms with Crippen molar-refractivity contribution >= 4 is 40.2 Å². The van der Waals surface area contributed by atoms with Gasteiger partial charge in [0.25, 0.3) is 6.71 Å². The zero-order valence-electron chi connectivity index (χ0n) is 22.7. The maximum atomic E-state index is 6.72. The van der Waals surface area contributed by atoms with E-state index >= 15 is 0 Å². The molecule has 0 unspecified atom stereocenters. The first kappa shape index (κ1) is 23.4. The van der Waals surface area contributed by atoms with Crippen LogP contribution < -0.4 is 30.8 Å². The number of hydrogen-bond donors (Lipinski definition) is 0. The van der Waals surface area contributed by atoms with Gasteiger partial charge in [-0.2, -0.15) is 4.98 Å². The molecule has 5 aromatic carbocycles. The minimum Gasteiger partial charge on any atom is -0.458 e. The van der Waals surface area contributed by atoms with Crippen LogP contribution in [0.1, 0.15) is 11.1 Å². The molecule has 0 saturated carbocycles. The van der Waals surface area contributed by atoms with Crippen molar-refractivity contribution in [2.45, 2.75) is 12.8 Å². The van der Waals surface area contributed by atoms with E-state index in [1.165, 1.54) is 11.1 Å². The van der Waals surface area contributed by atoms with Crippen LogP contribution in [0.3, 0.4) is 0 Å². The highest BCUT2D eigenvalue weighted by Crippen LogP contribution is 2.43. The molecule has 42 heavy (non-hydrogen) atoms. The Morgan fingerprint density at radius 1 is 0.595 bits per heavy atom. The lowest BCUT2D eigenvalue weighted by atomic mass is 9.35. The summed E-state index contributed by atoms with van der Waals surface area (Å²) in [4.78, 5) is 12.0. The number of hydrogen-bond acceptors (Lipinski definition) is 5. The highest BCUT2D eigenvalue weighted by molar-refractivity contribution is 6.98. The Morgan fingerprint density at radius 3 is 1.88 bits per heavy atom. The molecule has 6 aromatic rings. The molecule has 6 heteroatoms. The monoisotopic (exact) mass is 541 g/mol. The van der Waals surface area contributed by atoms with Crippen molar-refractivity contribution in [1.29, 1.82) is 0 Å². The van der Waals surface area contributed by atoms with Crippen molar-refractivity contribution < 1.29 is 9.47 Å². The molecule has 2 aliphatic heterocycles. The molecule has 0 fully saturated rings. The number of anilines is 3. The second kappa shape index (κ2) is 9.08. The molecule has 1 aromatic heterocycles. The van der Waals surface area contributed by atoms with E-state index in [1.54, 1.807) is 0 Å². The van der Waals surface area contributed by atoms with Crippen LogP contribution in [-0.2, 0) is 12.8 Å². The second-order valence-corrected chi connectivity index (χ2v) is 11.0. The van der Waals surface area contributed by atoms with Crippen molar-refractivity contribution in [1.82, 2.24) is 9.97 Å². The summed E-state index contributed by atoms with van der Waals surface area (Å²) >= 11 is 0. The number of aromatic nitrogens is 2. The summed E-state index contributed by atoms with van der Waals surface area (Å²) in [6.07, 6.45) is 4.13. The predicted molar refractivity (Wildman–Crippen MR) is 167 cm³/mol. The van der Waals surface area contributed by atoms with Gasteiger partial charge in [0.15, 0.2) is 5.82 Å². The Morgan fingerprint density at radius 2 is 1.21 bits per heavy atom. The van der Waals surface area contributed by atoms with Gasteiger partial charge >= 0.3 is 0 Å². The maximum Gasteiger partial charge on any atom is 0.264 e. The highest BCUT2D eigenvalue weighted by Gasteiger charge is 2.42. The van der Waals surface area contributed by atoms with Crippen molar-refractivity contribution in [2.75, 3.05) is 4.90 Å². The van der Waals surface area contributed by atoms with Gasteiger partial charge in [-0.3, -0.25) is 0 Å². The third-order valence-electron chi connectivity index (χ3n) is 8.52. The van der Waals surface area contributed by atoms with E-state index in [4.69, 9.17) is 19.4 Å². The molecule has 0 saturated heterocycles. The molecular formula is C36H24BN3O2. The molecule has 3 aliphatic rings. The molecule has 0 radical (unpaired) electrons. The first-order chi connectivity index (χ1) is 20.8. The average Bonchev–Trinajstić information content (AvgIpc) is 3.03. The van der Waals surface area contributed by atoms with Gasteiger partial charge in [-0.25, -0.2) is 4.98 Å². The van der Waals surface area contributed by atoms with Gasteiger partial charge in [-0.1, -0.05) is 72.8 Å². The van der Waals surface area contributed by atoms with Gasteiger partial charge in [0, 0.05) is 46.2 Å². The van der Waals surface area contributed by atoms with Crippen molar-refractivity contribution in [3.8, 4) is 34.5 Å². The minimum absolute atomic E-state index is 0.0748. The van der Waals surface area contributed by atoms with Crippen molar-refractivity contribution in [2.24, 2.45) is 0 Å². The van der Waals surface area contributed by atoms with Gasteiger partial charge in [-0.05, 0) is 59.8 Å². The third kappa shape index (κ3) is 3.58. The van der Waals surface area contributed by atoms with Gasteiger partial charge in [0.1, 0.15) is 17.2 Å². The van der Waals surface area contributed by atoms with Gasteiger partial charge in [0.05, 0.1) is 5.69 Å². The lowest BCUT2D eigenvalue weighted by Gasteiger charge is -2.35. The van der Waals surface area contributed by atoms with E-state index in [0.717, 1.165) is 69.1 Å². The first-order valence-electron chi connectivity index (χ1n) is 14.3. The van der Waals surface area contributed by atoms with Gasteiger partial charge in [0.2, 0.25) is 5.88 Å². The Hall–Kier alpha value is -5.36. The fraction of sp³-hybridized carbons (Fsp3) is 0.0556. The Balaban J connectivity index is 1.26. The molecule has 198 valence electrons. The van der Waals surface area contributed by atoms with Gasteiger partial charge < -0.3 is 14.4 Å². The summed E-state index contributed by atoms with van der Waals surface area (Å²) in [6, 6.07) is 39.6. The number of aryl methyl sites for hydroxylation is 2. The molecule has 0 bridgehead atoms. The molecular weight excluding hydrogens is 517 g/mol. The van der Waals surface area contributed by atoms with Crippen molar-refractivity contribution in [3.05, 3.63) is 133 Å². The largest absolute Gasteiger partial charge is 0.458 e. The number of fused-ring (bicyclic) bond motifs is 5. The normalized spacial score (nSPS) is 13.4. The Bertz CT molecular complexity index is 1960. The van der Waals surface area contributed by atoms with Crippen LogP contribution in [0.15, 0.2) is 121 Å². The lowest BCUT2D eigenvalue weighted by molar-refractivity contribution is 0.452. The molecule has 0 atom stereocenters. The molecule has 5 nitrogen and oxygen atoms in total. The SMILES string of the molecule is c1ccc(-c2ncc3c(n2)Oc2cc(N(c4ccccc4)c4ccccc4)cc4c2B3c2cc3c(cc2O4)CC3)cc1. The Labute approximate surface area is 244 Å². The maximum absolute atomic E-state index is 6.72. The molecule has 9 rings (SSSR count). The number of rotatable bonds is 4.